The minimum absolute atomic E-state index is 0.592. The first-order valence-corrected chi connectivity index (χ1v) is 8.12. The second-order valence-electron chi connectivity index (χ2n) is 5.23. The standard InChI is InChI=1S/C16H20N2O2S/c1-19-14-8-7-11(9-15(14)20-2)13-10-21-16(18-13)17-12-5-3-4-6-12/h7-10,12H,3-6H2,1-2H3,(H,17,18). The molecule has 1 saturated carbocycles. The second kappa shape index (κ2) is 6.35. The highest BCUT2D eigenvalue weighted by molar-refractivity contribution is 7.14. The smallest absolute Gasteiger partial charge is 0.183 e. The lowest BCUT2D eigenvalue weighted by atomic mass is 10.1. The average Bonchev–Trinajstić information content (AvgIpc) is 3.19. The Hall–Kier alpha value is -1.75. The van der Waals surface area contributed by atoms with Gasteiger partial charge in [-0.2, -0.15) is 0 Å². The molecule has 0 saturated heterocycles. The molecule has 1 aromatic heterocycles. The van der Waals surface area contributed by atoms with Gasteiger partial charge in [0.25, 0.3) is 0 Å². The number of hydrogen-bond donors (Lipinski definition) is 1. The molecule has 2 aromatic rings. The lowest BCUT2D eigenvalue weighted by Crippen LogP contribution is -2.13. The van der Waals surface area contributed by atoms with E-state index in [4.69, 9.17) is 9.47 Å². The molecule has 5 heteroatoms. The van der Waals surface area contributed by atoms with Crippen LogP contribution in [-0.4, -0.2) is 25.2 Å². The van der Waals surface area contributed by atoms with Crippen molar-refractivity contribution < 1.29 is 9.47 Å². The molecule has 0 bridgehead atoms. The van der Waals surface area contributed by atoms with Crippen LogP contribution in [0.3, 0.4) is 0 Å². The number of aromatic nitrogens is 1. The maximum Gasteiger partial charge on any atom is 0.183 e. The van der Waals surface area contributed by atoms with Crippen molar-refractivity contribution in [2.75, 3.05) is 19.5 Å². The van der Waals surface area contributed by atoms with Gasteiger partial charge in [0.15, 0.2) is 16.6 Å². The van der Waals surface area contributed by atoms with Gasteiger partial charge in [0.2, 0.25) is 0 Å². The number of ether oxygens (including phenoxy) is 2. The lowest BCUT2D eigenvalue weighted by molar-refractivity contribution is 0.355. The lowest BCUT2D eigenvalue weighted by Gasteiger charge is -2.10. The summed E-state index contributed by atoms with van der Waals surface area (Å²) in [6.07, 6.45) is 5.16. The Labute approximate surface area is 129 Å². The van der Waals surface area contributed by atoms with E-state index in [-0.39, 0.29) is 0 Å². The Bertz CT molecular complexity index is 606. The summed E-state index contributed by atoms with van der Waals surface area (Å²) >= 11 is 1.66. The zero-order chi connectivity index (χ0) is 14.7. The maximum atomic E-state index is 5.35. The van der Waals surface area contributed by atoms with E-state index in [9.17, 15) is 0 Å². The summed E-state index contributed by atoms with van der Waals surface area (Å²) in [7, 11) is 3.29. The molecule has 3 rings (SSSR count). The summed E-state index contributed by atoms with van der Waals surface area (Å²) in [6, 6.07) is 6.48. The number of rotatable bonds is 5. The van der Waals surface area contributed by atoms with Crippen LogP contribution in [0, 0.1) is 0 Å². The molecule has 0 radical (unpaired) electrons. The Morgan fingerprint density at radius 2 is 1.90 bits per heavy atom. The minimum Gasteiger partial charge on any atom is -0.493 e. The molecule has 0 spiro atoms. The van der Waals surface area contributed by atoms with Crippen molar-refractivity contribution in [2.24, 2.45) is 0 Å². The van der Waals surface area contributed by atoms with Gasteiger partial charge in [0, 0.05) is 17.0 Å². The molecular weight excluding hydrogens is 284 g/mol. The fourth-order valence-corrected chi connectivity index (χ4v) is 3.51. The van der Waals surface area contributed by atoms with Crippen LogP contribution in [-0.2, 0) is 0 Å². The zero-order valence-electron chi connectivity index (χ0n) is 12.4. The highest BCUT2D eigenvalue weighted by atomic mass is 32.1. The zero-order valence-corrected chi connectivity index (χ0v) is 13.2. The number of hydrogen-bond acceptors (Lipinski definition) is 5. The average molecular weight is 304 g/mol. The van der Waals surface area contributed by atoms with E-state index in [1.165, 1.54) is 25.7 Å². The predicted molar refractivity (Wildman–Crippen MR) is 86.5 cm³/mol. The summed E-state index contributed by atoms with van der Waals surface area (Å²) in [5.41, 5.74) is 2.02. The van der Waals surface area contributed by atoms with Crippen molar-refractivity contribution in [3.63, 3.8) is 0 Å². The van der Waals surface area contributed by atoms with Gasteiger partial charge < -0.3 is 14.8 Å². The summed E-state index contributed by atoms with van der Waals surface area (Å²) < 4.78 is 10.6. The first-order valence-electron chi connectivity index (χ1n) is 7.24. The minimum atomic E-state index is 0.592. The van der Waals surface area contributed by atoms with Gasteiger partial charge in [-0.1, -0.05) is 12.8 Å². The number of anilines is 1. The van der Waals surface area contributed by atoms with Gasteiger partial charge in [0.1, 0.15) is 0 Å². The molecule has 1 N–H and O–H groups in total. The van der Waals surface area contributed by atoms with Crippen LogP contribution < -0.4 is 14.8 Å². The highest BCUT2D eigenvalue weighted by Gasteiger charge is 2.16. The molecule has 1 aliphatic rings. The van der Waals surface area contributed by atoms with Crippen LogP contribution in [0.2, 0.25) is 0 Å². The molecule has 1 heterocycles. The fraction of sp³-hybridized carbons (Fsp3) is 0.438. The number of nitrogens with one attached hydrogen (secondary N) is 1. The Morgan fingerprint density at radius 3 is 2.62 bits per heavy atom. The van der Waals surface area contributed by atoms with E-state index in [2.05, 4.69) is 15.7 Å². The van der Waals surface area contributed by atoms with E-state index in [1.54, 1.807) is 25.6 Å². The van der Waals surface area contributed by atoms with Gasteiger partial charge >= 0.3 is 0 Å². The summed E-state index contributed by atoms with van der Waals surface area (Å²) in [6.45, 7) is 0. The molecule has 0 atom stereocenters. The van der Waals surface area contributed by atoms with Crippen LogP contribution >= 0.6 is 11.3 Å². The SMILES string of the molecule is COc1ccc(-c2csc(NC3CCCC3)n2)cc1OC. The van der Waals surface area contributed by atoms with Crippen LogP contribution in [0.4, 0.5) is 5.13 Å². The molecular formula is C16H20N2O2S. The summed E-state index contributed by atoms with van der Waals surface area (Å²) in [5, 5.41) is 6.62. The first kappa shape index (κ1) is 14.2. The van der Waals surface area contributed by atoms with Crippen molar-refractivity contribution in [1.82, 2.24) is 4.98 Å². The van der Waals surface area contributed by atoms with Crippen molar-refractivity contribution in [2.45, 2.75) is 31.7 Å². The Kier molecular flexibility index (Phi) is 4.29. The predicted octanol–water partition coefficient (Wildman–Crippen LogP) is 4.18. The van der Waals surface area contributed by atoms with Crippen molar-refractivity contribution in [3.8, 4) is 22.8 Å². The van der Waals surface area contributed by atoms with Crippen LogP contribution in [0.25, 0.3) is 11.3 Å². The van der Waals surface area contributed by atoms with Gasteiger partial charge in [0.05, 0.1) is 19.9 Å². The Morgan fingerprint density at radius 1 is 1.14 bits per heavy atom. The van der Waals surface area contributed by atoms with Gasteiger partial charge in [-0.15, -0.1) is 11.3 Å². The van der Waals surface area contributed by atoms with E-state index >= 15 is 0 Å². The number of methoxy groups -OCH3 is 2. The van der Waals surface area contributed by atoms with Gasteiger partial charge in [-0.05, 0) is 31.0 Å². The molecule has 1 aliphatic carbocycles. The van der Waals surface area contributed by atoms with Crippen LogP contribution in [0.1, 0.15) is 25.7 Å². The van der Waals surface area contributed by atoms with Crippen molar-refractivity contribution >= 4 is 16.5 Å². The summed E-state index contributed by atoms with van der Waals surface area (Å²) in [4.78, 5) is 4.69. The van der Waals surface area contributed by atoms with Gasteiger partial charge in [-0.25, -0.2) is 4.98 Å². The molecule has 112 valence electrons. The fourth-order valence-electron chi connectivity index (χ4n) is 2.71. The number of benzene rings is 1. The number of nitrogens with zero attached hydrogens (tertiary/aromatic N) is 1. The molecule has 21 heavy (non-hydrogen) atoms. The molecule has 0 unspecified atom stereocenters. The monoisotopic (exact) mass is 304 g/mol. The molecule has 4 nitrogen and oxygen atoms in total. The van der Waals surface area contributed by atoms with Crippen LogP contribution in [0.15, 0.2) is 23.6 Å². The maximum absolute atomic E-state index is 5.35. The molecule has 1 fully saturated rings. The first-order chi connectivity index (χ1) is 10.3. The van der Waals surface area contributed by atoms with E-state index in [0.717, 1.165) is 27.9 Å². The second-order valence-corrected chi connectivity index (χ2v) is 6.09. The quantitative estimate of drug-likeness (QED) is 0.900. The Balaban J connectivity index is 1.78. The summed E-state index contributed by atoms with van der Waals surface area (Å²) in [5.74, 6) is 1.47. The topological polar surface area (TPSA) is 43.4 Å². The third-order valence-corrected chi connectivity index (χ3v) is 4.64. The molecule has 0 aliphatic heterocycles. The van der Waals surface area contributed by atoms with Crippen LogP contribution in [0.5, 0.6) is 11.5 Å². The molecule has 1 aromatic carbocycles. The van der Waals surface area contributed by atoms with Crippen molar-refractivity contribution in [3.05, 3.63) is 23.6 Å². The normalized spacial score (nSPS) is 15.1. The van der Waals surface area contributed by atoms with Crippen molar-refractivity contribution in [1.29, 1.82) is 0 Å². The highest BCUT2D eigenvalue weighted by Crippen LogP contribution is 2.34. The third kappa shape index (κ3) is 3.13. The van der Waals surface area contributed by atoms with Gasteiger partial charge in [-0.3, -0.25) is 0 Å². The largest absolute Gasteiger partial charge is 0.493 e. The number of thiazole rings is 1. The van der Waals surface area contributed by atoms with E-state index in [0.29, 0.717) is 6.04 Å². The van der Waals surface area contributed by atoms with E-state index in [1.807, 2.05) is 18.2 Å². The molecule has 0 amide bonds. The third-order valence-electron chi connectivity index (χ3n) is 3.87. The van der Waals surface area contributed by atoms with E-state index < -0.39 is 0 Å².